The number of nitrogens with zero attached hydrogens (tertiary/aromatic N) is 3. The van der Waals surface area contributed by atoms with Gasteiger partial charge in [0.2, 0.25) is 10.1 Å². The first-order valence-corrected chi connectivity index (χ1v) is 5.43. The van der Waals surface area contributed by atoms with E-state index < -0.39 is 0 Å². The summed E-state index contributed by atoms with van der Waals surface area (Å²) in [6.07, 6.45) is 0.910. The monoisotopic (exact) mass is 229 g/mol. The van der Waals surface area contributed by atoms with E-state index in [0.717, 1.165) is 24.3 Å². The first-order valence-electron chi connectivity index (χ1n) is 4.61. The molecule has 15 heavy (non-hydrogen) atoms. The van der Waals surface area contributed by atoms with Gasteiger partial charge in [0.15, 0.2) is 0 Å². The summed E-state index contributed by atoms with van der Waals surface area (Å²) in [5.41, 5.74) is 5.37. The SMILES string of the molecule is CN(C)CCCNC(=O)c1nnc(N)s1. The van der Waals surface area contributed by atoms with Crippen molar-refractivity contribution >= 4 is 22.4 Å². The van der Waals surface area contributed by atoms with E-state index in [0.29, 0.717) is 16.7 Å². The molecule has 0 spiro atoms. The zero-order valence-electron chi connectivity index (χ0n) is 8.86. The third-order valence-corrected chi connectivity index (χ3v) is 2.45. The second kappa shape index (κ2) is 5.62. The molecule has 0 aliphatic rings. The van der Waals surface area contributed by atoms with E-state index in [-0.39, 0.29) is 5.91 Å². The lowest BCUT2D eigenvalue weighted by molar-refractivity contribution is 0.0951. The number of carbonyl (C=O) groups is 1. The van der Waals surface area contributed by atoms with Crippen molar-refractivity contribution in [2.75, 3.05) is 32.9 Å². The van der Waals surface area contributed by atoms with Gasteiger partial charge in [-0.15, -0.1) is 10.2 Å². The Morgan fingerprint density at radius 3 is 2.80 bits per heavy atom. The van der Waals surface area contributed by atoms with Crippen LogP contribution < -0.4 is 11.1 Å². The van der Waals surface area contributed by atoms with Crippen LogP contribution in [-0.4, -0.2) is 48.2 Å². The molecule has 0 aromatic carbocycles. The third kappa shape index (κ3) is 4.22. The molecule has 0 bridgehead atoms. The first kappa shape index (κ1) is 11.9. The predicted molar refractivity (Wildman–Crippen MR) is 59.8 cm³/mol. The van der Waals surface area contributed by atoms with Crippen LogP contribution in [0.15, 0.2) is 0 Å². The van der Waals surface area contributed by atoms with Crippen LogP contribution in [0.25, 0.3) is 0 Å². The number of amides is 1. The van der Waals surface area contributed by atoms with Gasteiger partial charge < -0.3 is 16.0 Å². The van der Waals surface area contributed by atoms with Gasteiger partial charge in [0, 0.05) is 6.54 Å². The lowest BCUT2D eigenvalue weighted by atomic mass is 10.4. The molecular formula is C8H15N5OS. The number of anilines is 1. The molecule has 0 aliphatic heterocycles. The van der Waals surface area contributed by atoms with Gasteiger partial charge in [0.1, 0.15) is 0 Å². The maximum absolute atomic E-state index is 11.4. The van der Waals surface area contributed by atoms with Crippen LogP contribution in [-0.2, 0) is 0 Å². The fourth-order valence-electron chi connectivity index (χ4n) is 0.999. The molecule has 84 valence electrons. The summed E-state index contributed by atoms with van der Waals surface area (Å²) in [6, 6.07) is 0. The highest BCUT2D eigenvalue weighted by atomic mass is 32.1. The number of nitrogen functional groups attached to an aromatic ring is 1. The van der Waals surface area contributed by atoms with Crippen molar-refractivity contribution in [1.82, 2.24) is 20.4 Å². The van der Waals surface area contributed by atoms with Gasteiger partial charge in [-0.05, 0) is 27.1 Å². The Hall–Kier alpha value is -1.21. The number of hydrogen-bond donors (Lipinski definition) is 2. The van der Waals surface area contributed by atoms with Crippen molar-refractivity contribution < 1.29 is 4.79 Å². The fourth-order valence-corrected chi connectivity index (χ4v) is 1.53. The van der Waals surface area contributed by atoms with Crippen molar-refractivity contribution in [3.05, 3.63) is 5.01 Å². The molecule has 1 amide bonds. The van der Waals surface area contributed by atoms with Crippen molar-refractivity contribution in [1.29, 1.82) is 0 Å². The predicted octanol–water partition coefficient (Wildman–Crippen LogP) is -0.198. The molecule has 0 radical (unpaired) electrons. The van der Waals surface area contributed by atoms with Crippen molar-refractivity contribution in [3.8, 4) is 0 Å². The van der Waals surface area contributed by atoms with E-state index in [1.165, 1.54) is 0 Å². The molecule has 1 aromatic rings. The Morgan fingerprint density at radius 1 is 1.53 bits per heavy atom. The normalized spacial score (nSPS) is 10.6. The fraction of sp³-hybridized carbons (Fsp3) is 0.625. The van der Waals surface area contributed by atoms with Crippen molar-refractivity contribution in [3.63, 3.8) is 0 Å². The minimum absolute atomic E-state index is 0.206. The maximum atomic E-state index is 11.4. The summed E-state index contributed by atoms with van der Waals surface area (Å²) in [7, 11) is 3.99. The molecule has 6 nitrogen and oxygen atoms in total. The minimum Gasteiger partial charge on any atom is -0.374 e. The molecule has 3 N–H and O–H groups in total. The van der Waals surface area contributed by atoms with E-state index >= 15 is 0 Å². The topological polar surface area (TPSA) is 84.1 Å². The Labute approximate surface area is 92.5 Å². The molecule has 7 heteroatoms. The maximum Gasteiger partial charge on any atom is 0.282 e. The van der Waals surface area contributed by atoms with Crippen LogP contribution in [0.4, 0.5) is 5.13 Å². The van der Waals surface area contributed by atoms with Crippen LogP contribution in [0.1, 0.15) is 16.2 Å². The molecule has 1 rings (SSSR count). The Kier molecular flexibility index (Phi) is 4.44. The minimum atomic E-state index is -0.206. The van der Waals surface area contributed by atoms with Gasteiger partial charge in [-0.1, -0.05) is 11.3 Å². The van der Waals surface area contributed by atoms with E-state index in [4.69, 9.17) is 5.73 Å². The van der Waals surface area contributed by atoms with Crippen LogP contribution in [0.2, 0.25) is 0 Å². The smallest absolute Gasteiger partial charge is 0.282 e. The summed E-state index contributed by atoms with van der Waals surface area (Å²) in [4.78, 5) is 13.5. The van der Waals surface area contributed by atoms with Crippen molar-refractivity contribution in [2.24, 2.45) is 0 Å². The summed E-state index contributed by atoms with van der Waals surface area (Å²) in [5.74, 6) is -0.206. The van der Waals surface area contributed by atoms with Gasteiger partial charge in [-0.2, -0.15) is 0 Å². The van der Waals surface area contributed by atoms with Gasteiger partial charge in [0.25, 0.3) is 5.91 Å². The van der Waals surface area contributed by atoms with Gasteiger partial charge >= 0.3 is 0 Å². The Bertz CT molecular complexity index is 325. The molecule has 0 atom stereocenters. The van der Waals surface area contributed by atoms with Crippen LogP contribution in [0.5, 0.6) is 0 Å². The van der Waals surface area contributed by atoms with Crippen LogP contribution >= 0.6 is 11.3 Å². The number of rotatable bonds is 5. The quantitative estimate of drug-likeness (QED) is 0.683. The highest BCUT2D eigenvalue weighted by molar-refractivity contribution is 7.16. The molecule has 1 aromatic heterocycles. The number of nitrogens with two attached hydrogens (primary N) is 1. The van der Waals surface area contributed by atoms with Gasteiger partial charge in [0.05, 0.1) is 0 Å². The largest absolute Gasteiger partial charge is 0.374 e. The van der Waals surface area contributed by atoms with E-state index in [2.05, 4.69) is 20.4 Å². The van der Waals surface area contributed by atoms with Crippen LogP contribution in [0.3, 0.4) is 0 Å². The number of aromatic nitrogens is 2. The lowest BCUT2D eigenvalue weighted by Gasteiger charge is -2.08. The van der Waals surface area contributed by atoms with Gasteiger partial charge in [-0.3, -0.25) is 4.79 Å². The highest BCUT2D eigenvalue weighted by Gasteiger charge is 2.10. The molecule has 0 saturated heterocycles. The first-order chi connectivity index (χ1) is 7.09. The van der Waals surface area contributed by atoms with Crippen molar-refractivity contribution in [2.45, 2.75) is 6.42 Å². The van der Waals surface area contributed by atoms with E-state index in [1.807, 2.05) is 14.1 Å². The summed E-state index contributed by atoms with van der Waals surface area (Å²) in [6.45, 7) is 1.58. The summed E-state index contributed by atoms with van der Waals surface area (Å²) >= 11 is 1.09. The zero-order chi connectivity index (χ0) is 11.3. The molecule has 0 unspecified atom stereocenters. The van der Waals surface area contributed by atoms with E-state index in [1.54, 1.807) is 0 Å². The Morgan fingerprint density at radius 2 is 2.27 bits per heavy atom. The average Bonchev–Trinajstić information content (AvgIpc) is 2.59. The number of nitrogens with one attached hydrogen (secondary N) is 1. The zero-order valence-corrected chi connectivity index (χ0v) is 9.67. The highest BCUT2D eigenvalue weighted by Crippen LogP contribution is 2.09. The van der Waals surface area contributed by atoms with Crippen LogP contribution in [0, 0.1) is 0 Å². The molecule has 1 heterocycles. The standard InChI is InChI=1S/C8H15N5OS/c1-13(2)5-3-4-10-6(14)7-11-12-8(9)15-7/h3-5H2,1-2H3,(H2,9,12)(H,10,14). The second-order valence-corrected chi connectivity index (χ2v) is 4.37. The average molecular weight is 229 g/mol. The van der Waals surface area contributed by atoms with E-state index in [9.17, 15) is 4.79 Å². The molecule has 0 aliphatic carbocycles. The molecule has 0 fully saturated rings. The molecule has 0 saturated carbocycles. The molecular weight excluding hydrogens is 214 g/mol. The third-order valence-electron chi connectivity index (χ3n) is 1.70. The number of carbonyl (C=O) groups excluding carboxylic acids is 1. The summed E-state index contributed by atoms with van der Waals surface area (Å²) in [5, 5.41) is 10.6. The lowest BCUT2D eigenvalue weighted by Crippen LogP contribution is -2.27. The Balaban J connectivity index is 2.25. The number of hydrogen-bond acceptors (Lipinski definition) is 6. The summed E-state index contributed by atoms with van der Waals surface area (Å²) < 4.78 is 0. The van der Waals surface area contributed by atoms with Gasteiger partial charge in [-0.25, -0.2) is 0 Å². The second-order valence-electron chi connectivity index (χ2n) is 3.36.